The maximum absolute atomic E-state index is 12.0. The molecule has 0 unspecified atom stereocenters. The first-order valence-corrected chi connectivity index (χ1v) is 8.28. The fourth-order valence-electron chi connectivity index (χ4n) is 3.15. The van der Waals surface area contributed by atoms with Crippen LogP contribution in [0.2, 0.25) is 0 Å². The van der Waals surface area contributed by atoms with Crippen molar-refractivity contribution < 1.29 is 4.79 Å². The molecule has 22 heavy (non-hydrogen) atoms. The molecule has 1 aromatic carbocycles. The highest BCUT2D eigenvalue weighted by Crippen LogP contribution is 2.32. The molecule has 0 spiro atoms. The number of likely N-dealkylation sites (tertiary alicyclic amines) is 1. The molecule has 1 heterocycles. The van der Waals surface area contributed by atoms with Crippen LogP contribution in [-0.2, 0) is 4.79 Å². The van der Waals surface area contributed by atoms with E-state index < -0.39 is 0 Å². The second-order valence-electron chi connectivity index (χ2n) is 6.42. The number of amides is 1. The number of rotatable bonds is 5. The Morgan fingerprint density at radius 2 is 1.91 bits per heavy atom. The Morgan fingerprint density at radius 1 is 1.27 bits per heavy atom. The van der Waals surface area contributed by atoms with E-state index >= 15 is 0 Å². The van der Waals surface area contributed by atoms with Gasteiger partial charge in [-0.3, -0.25) is 9.69 Å². The Morgan fingerprint density at radius 3 is 2.45 bits per heavy atom. The van der Waals surface area contributed by atoms with Gasteiger partial charge in [0.25, 0.3) is 0 Å². The number of allylic oxidation sites excluding steroid dienone is 1. The molecule has 1 aliphatic heterocycles. The largest absolute Gasteiger partial charge is 0.359 e. The number of hydrogen-bond donors (Lipinski definition) is 1. The normalized spacial score (nSPS) is 19.0. The quantitative estimate of drug-likeness (QED) is 0.904. The minimum absolute atomic E-state index is 0.180. The standard InChI is InChI=1S/C19H28N2O/c1-4-8-17(16-9-6-5-7-10-16)15-21-13-11-19(2,12-14-21)18(22)20-3/h5-10H,4,11-15H2,1-3H3,(H,20,22)/b17-8-. The van der Waals surface area contributed by atoms with Crippen LogP contribution >= 0.6 is 0 Å². The molecule has 0 bridgehead atoms. The summed E-state index contributed by atoms with van der Waals surface area (Å²) in [6, 6.07) is 10.6. The molecular formula is C19H28N2O. The predicted octanol–water partition coefficient (Wildman–Crippen LogP) is 3.33. The summed E-state index contributed by atoms with van der Waals surface area (Å²) in [7, 11) is 1.73. The van der Waals surface area contributed by atoms with E-state index in [1.807, 2.05) is 0 Å². The monoisotopic (exact) mass is 300 g/mol. The molecule has 1 amide bonds. The van der Waals surface area contributed by atoms with Gasteiger partial charge in [0.15, 0.2) is 0 Å². The lowest BCUT2D eigenvalue weighted by molar-refractivity contribution is -0.132. The van der Waals surface area contributed by atoms with E-state index in [2.05, 4.69) is 60.5 Å². The Balaban J connectivity index is 1.99. The van der Waals surface area contributed by atoms with Crippen molar-refractivity contribution in [1.82, 2.24) is 10.2 Å². The molecule has 0 saturated carbocycles. The van der Waals surface area contributed by atoms with Crippen molar-refractivity contribution in [1.29, 1.82) is 0 Å². The van der Waals surface area contributed by atoms with Crippen LogP contribution in [0.25, 0.3) is 5.57 Å². The summed E-state index contributed by atoms with van der Waals surface area (Å²) in [6.45, 7) is 7.21. The summed E-state index contributed by atoms with van der Waals surface area (Å²) in [5.74, 6) is 0.180. The third-order valence-electron chi connectivity index (χ3n) is 4.72. The van der Waals surface area contributed by atoms with Gasteiger partial charge in [0.1, 0.15) is 0 Å². The van der Waals surface area contributed by atoms with Gasteiger partial charge in [-0.15, -0.1) is 0 Å². The number of hydrogen-bond acceptors (Lipinski definition) is 2. The smallest absolute Gasteiger partial charge is 0.225 e. The van der Waals surface area contributed by atoms with E-state index in [1.165, 1.54) is 11.1 Å². The molecule has 120 valence electrons. The minimum Gasteiger partial charge on any atom is -0.359 e. The fourth-order valence-corrected chi connectivity index (χ4v) is 3.15. The fraction of sp³-hybridized carbons (Fsp3) is 0.526. The van der Waals surface area contributed by atoms with Gasteiger partial charge in [0.05, 0.1) is 0 Å². The van der Waals surface area contributed by atoms with E-state index in [0.717, 1.165) is 38.9 Å². The Bertz CT molecular complexity index is 513. The van der Waals surface area contributed by atoms with E-state index in [-0.39, 0.29) is 11.3 Å². The average molecular weight is 300 g/mol. The van der Waals surface area contributed by atoms with Gasteiger partial charge in [0, 0.05) is 19.0 Å². The number of carbonyl (C=O) groups is 1. The van der Waals surface area contributed by atoms with Crippen LogP contribution in [0.3, 0.4) is 0 Å². The molecule has 1 fully saturated rings. The number of nitrogens with one attached hydrogen (secondary N) is 1. The Hall–Kier alpha value is -1.61. The second-order valence-corrected chi connectivity index (χ2v) is 6.42. The molecule has 0 radical (unpaired) electrons. The van der Waals surface area contributed by atoms with E-state index in [0.29, 0.717) is 0 Å². The number of carbonyl (C=O) groups excluding carboxylic acids is 1. The van der Waals surface area contributed by atoms with Crippen molar-refractivity contribution in [3.8, 4) is 0 Å². The van der Waals surface area contributed by atoms with Gasteiger partial charge in [-0.2, -0.15) is 0 Å². The highest BCUT2D eigenvalue weighted by molar-refractivity contribution is 5.82. The van der Waals surface area contributed by atoms with Gasteiger partial charge in [-0.25, -0.2) is 0 Å². The highest BCUT2D eigenvalue weighted by atomic mass is 16.2. The van der Waals surface area contributed by atoms with Crippen LogP contribution in [0.1, 0.15) is 38.7 Å². The van der Waals surface area contributed by atoms with Gasteiger partial charge < -0.3 is 5.32 Å². The first-order chi connectivity index (χ1) is 10.6. The minimum atomic E-state index is -0.202. The van der Waals surface area contributed by atoms with Crippen LogP contribution in [0.4, 0.5) is 0 Å². The van der Waals surface area contributed by atoms with Gasteiger partial charge in [-0.1, -0.05) is 50.3 Å². The zero-order valence-electron chi connectivity index (χ0n) is 14.1. The van der Waals surface area contributed by atoms with Crippen molar-refractivity contribution in [2.24, 2.45) is 5.41 Å². The molecule has 2 rings (SSSR count). The van der Waals surface area contributed by atoms with Crippen molar-refractivity contribution >= 4 is 11.5 Å². The van der Waals surface area contributed by atoms with E-state index in [9.17, 15) is 4.79 Å². The first-order valence-electron chi connectivity index (χ1n) is 8.28. The average Bonchev–Trinajstić information content (AvgIpc) is 2.56. The van der Waals surface area contributed by atoms with Crippen LogP contribution in [0, 0.1) is 5.41 Å². The number of piperidine rings is 1. The molecular weight excluding hydrogens is 272 g/mol. The molecule has 0 aliphatic carbocycles. The Kier molecular flexibility index (Phi) is 5.78. The molecule has 1 N–H and O–H groups in total. The topological polar surface area (TPSA) is 32.3 Å². The summed E-state index contributed by atoms with van der Waals surface area (Å²) >= 11 is 0. The van der Waals surface area contributed by atoms with Crippen LogP contribution < -0.4 is 5.32 Å². The van der Waals surface area contributed by atoms with Gasteiger partial charge in [0.2, 0.25) is 5.91 Å². The maximum atomic E-state index is 12.0. The summed E-state index contributed by atoms with van der Waals surface area (Å²) in [5, 5.41) is 2.81. The third kappa shape index (κ3) is 3.98. The van der Waals surface area contributed by atoms with Crippen LogP contribution in [-0.4, -0.2) is 37.5 Å². The van der Waals surface area contributed by atoms with Crippen molar-refractivity contribution in [2.75, 3.05) is 26.7 Å². The second kappa shape index (κ2) is 7.59. The third-order valence-corrected chi connectivity index (χ3v) is 4.72. The van der Waals surface area contributed by atoms with Crippen LogP contribution in [0.15, 0.2) is 36.4 Å². The zero-order chi connectivity index (χ0) is 16.0. The lowest BCUT2D eigenvalue weighted by atomic mass is 9.79. The summed E-state index contributed by atoms with van der Waals surface area (Å²) in [4.78, 5) is 14.5. The molecule has 1 aliphatic rings. The molecule has 3 heteroatoms. The van der Waals surface area contributed by atoms with E-state index in [1.54, 1.807) is 7.05 Å². The summed E-state index contributed by atoms with van der Waals surface area (Å²) < 4.78 is 0. The Labute approximate surface area is 134 Å². The van der Waals surface area contributed by atoms with Crippen molar-refractivity contribution in [2.45, 2.75) is 33.1 Å². The lowest BCUT2D eigenvalue weighted by Crippen LogP contribution is -2.46. The predicted molar refractivity (Wildman–Crippen MR) is 92.6 cm³/mol. The molecule has 1 saturated heterocycles. The summed E-state index contributed by atoms with van der Waals surface area (Å²) in [6.07, 6.45) is 5.23. The highest BCUT2D eigenvalue weighted by Gasteiger charge is 2.36. The van der Waals surface area contributed by atoms with Crippen LogP contribution in [0.5, 0.6) is 0 Å². The lowest BCUT2D eigenvalue weighted by Gasteiger charge is -2.38. The molecule has 0 atom stereocenters. The maximum Gasteiger partial charge on any atom is 0.225 e. The van der Waals surface area contributed by atoms with Gasteiger partial charge >= 0.3 is 0 Å². The summed E-state index contributed by atoms with van der Waals surface area (Å²) in [5.41, 5.74) is 2.50. The first kappa shape index (κ1) is 16.8. The SMILES string of the molecule is CC/C=C(/CN1CCC(C)(C(=O)NC)CC1)c1ccccc1. The van der Waals surface area contributed by atoms with E-state index in [4.69, 9.17) is 0 Å². The molecule has 1 aromatic rings. The number of nitrogens with zero attached hydrogens (tertiary/aromatic N) is 1. The zero-order valence-corrected chi connectivity index (χ0v) is 14.1. The van der Waals surface area contributed by atoms with Crippen molar-refractivity contribution in [3.63, 3.8) is 0 Å². The van der Waals surface area contributed by atoms with Crippen molar-refractivity contribution in [3.05, 3.63) is 42.0 Å². The molecule has 3 nitrogen and oxygen atoms in total. The number of benzene rings is 1. The molecule has 0 aromatic heterocycles. The van der Waals surface area contributed by atoms with Gasteiger partial charge in [-0.05, 0) is 43.5 Å².